The van der Waals surface area contributed by atoms with Gasteiger partial charge in [0.25, 0.3) is 0 Å². The van der Waals surface area contributed by atoms with Gasteiger partial charge in [-0.3, -0.25) is 4.90 Å². The summed E-state index contributed by atoms with van der Waals surface area (Å²) in [6.45, 7) is 5.96. The predicted molar refractivity (Wildman–Crippen MR) is 90.7 cm³/mol. The number of halogens is 3. The molecule has 9 heteroatoms. The van der Waals surface area contributed by atoms with Crippen molar-refractivity contribution in [3.63, 3.8) is 0 Å². The number of pyridine rings is 1. The molecule has 0 unspecified atom stereocenters. The molecule has 1 aromatic rings. The zero-order chi connectivity index (χ0) is 19.2. The molecule has 1 aromatic heterocycles. The lowest BCUT2D eigenvalue weighted by molar-refractivity contribution is -0.141. The van der Waals surface area contributed by atoms with Crippen LogP contribution in [-0.2, 0) is 16.0 Å². The van der Waals surface area contributed by atoms with Crippen molar-refractivity contribution in [1.82, 2.24) is 9.88 Å². The van der Waals surface area contributed by atoms with Gasteiger partial charge in [-0.05, 0) is 51.9 Å². The Morgan fingerprint density at radius 3 is 2.27 bits per heavy atom. The van der Waals surface area contributed by atoms with Crippen LogP contribution in [0.4, 0.5) is 13.2 Å². The largest absolute Gasteiger partial charge is 0.485 e. The molecule has 1 spiro atoms. The topological polar surface area (TPSA) is 59.5 Å². The van der Waals surface area contributed by atoms with Gasteiger partial charge in [0.05, 0.1) is 17.7 Å². The van der Waals surface area contributed by atoms with Crippen molar-refractivity contribution in [2.24, 2.45) is 5.41 Å². The quantitative estimate of drug-likeness (QED) is 0.789. The van der Waals surface area contributed by atoms with E-state index in [0.29, 0.717) is 23.8 Å². The van der Waals surface area contributed by atoms with Gasteiger partial charge >= 0.3 is 6.18 Å². The first-order valence-electron chi connectivity index (χ1n) is 8.53. The van der Waals surface area contributed by atoms with Crippen LogP contribution in [0.5, 0.6) is 5.75 Å². The third kappa shape index (κ3) is 4.49. The number of hydrogen-bond acceptors (Lipinski definition) is 5. The second-order valence-corrected chi connectivity index (χ2v) is 10.1. The molecule has 0 aromatic carbocycles. The Balaban J connectivity index is 1.53. The lowest BCUT2D eigenvalue weighted by atomic mass is 9.81. The normalized spacial score (nSPS) is 22.8. The average Bonchev–Trinajstić information content (AvgIpc) is 2.46. The Bertz CT molecular complexity index is 738. The van der Waals surface area contributed by atoms with E-state index in [4.69, 9.17) is 4.74 Å². The summed E-state index contributed by atoms with van der Waals surface area (Å²) in [5.74, 6) is 0.886. The Morgan fingerprint density at radius 2 is 1.81 bits per heavy atom. The van der Waals surface area contributed by atoms with Crippen molar-refractivity contribution in [1.29, 1.82) is 0 Å². The molecule has 0 bridgehead atoms. The summed E-state index contributed by atoms with van der Waals surface area (Å²) in [6.07, 6.45) is -1.67. The average molecular weight is 392 g/mol. The third-order valence-electron chi connectivity index (χ3n) is 4.99. The molecule has 5 nitrogen and oxygen atoms in total. The van der Waals surface area contributed by atoms with Crippen LogP contribution in [0.15, 0.2) is 18.3 Å². The fourth-order valence-electron chi connectivity index (χ4n) is 3.86. The maximum absolute atomic E-state index is 12.6. The monoisotopic (exact) mass is 392 g/mol. The summed E-state index contributed by atoms with van der Waals surface area (Å²) >= 11 is 0. The van der Waals surface area contributed by atoms with E-state index in [2.05, 4.69) is 9.88 Å². The molecular weight excluding hydrogens is 369 g/mol. The first-order valence-corrected chi connectivity index (χ1v) is 10.4. The van der Waals surface area contributed by atoms with E-state index in [1.807, 2.05) is 13.8 Å². The number of ether oxygens (including phenoxy) is 1. The lowest BCUT2D eigenvalue weighted by Gasteiger charge is -2.48. The molecule has 3 heterocycles. The minimum atomic E-state index is -4.47. The second kappa shape index (κ2) is 6.37. The molecule has 0 saturated carbocycles. The molecule has 3 rings (SSSR count). The molecule has 2 aliphatic heterocycles. The van der Waals surface area contributed by atoms with E-state index in [1.165, 1.54) is 6.07 Å². The number of likely N-dealkylation sites (tertiary alicyclic amines) is 1. The van der Waals surface area contributed by atoms with Crippen molar-refractivity contribution in [3.05, 3.63) is 24.0 Å². The van der Waals surface area contributed by atoms with Gasteiger partial charge < -0.3 is 4.74 Å². The summed E-state index contributed by atoms with van der Waals surface area (Å²) in [6, 6.07) is 2.19. The second-order valence-electron chi connectivity index (χ2n) is 8.05. The van der Waals surface area contributed by atoms with Crippen LogP contribution in [0.3, 0.4) is 0 Å². The van der Waals surface area contributed by atoms with Crippen molar-refractivity contribution in [3.8, 4) is 5.75 Å². The molecule has 0 aliphatic carbocycles. The Hall–Kier alpha value is -1.35. The highest BCUT2D eigenvalue weighted by Crippen LogP contribution is 2.42. The van der Waals surface area contributed by atoms with Gasteiger partial charge in [-0.1, -0.05) is 0 Å². The number of sulfone groups is 1. The Kier molecular flexibility index (Phi) is 4.75. The highest BCUT2D eigenvalue weighted by Gasteiger charge is 2.49. The maximum Gasteiger partial charge on any atom is 0.433 e. The maximum atomic E-state index is 12.6. The van der Waals surface area contributed by atoms with Crippen molar-refractivity contribution >= 4 is 9.84 Å². The number of rotatable bonds is 4. The van der Waals surface area contributed by atoms with Gasteiger partial charge in [0.15, 0.2) is 9.84 Å². The van der Waals surface area contributed by atoms with Crippen LogP contribution in [0.2, 0.25) is 0 Å². The number of aromatic nitrogens is 1. The van der Waals surface area contributed by atoms with Gasteiger partial charge in [0.1, 0.15) is 17.0 Å². The van der Waals surface area contributed by atoms with Crippen LogP contribution in [0.1, 0.15) is 32.4 Å². The molecular formula is C17H23F3N2O3S. The van der Waals surface area contributed by atoms with Crippen LogP contribution in [0.25, 0.3) is 0 Å². The summed E-state index contributed by atoms with van der Waals surface area (Å²) in [5.41, 5.74) is -1.59. The predicted octanol–water partition coefficient (Wildman–Crippen LogP) is 2.77. The molecule has 0 atom stereocenters. The van der Waals surface area contributed by atoms with Gasteiger partial charge in [-0.25, -0.2) is 13.4 Å². The van der Waals surface area contributed by atoms with E-state index >= 15 is 0 Å². The fourth-order valence-corrected chi connectivity index (χ4v) is 6.22. The lowest BCUT2D eigenvalue weighted by Crippen LogP contribution is -2.56. The van der Waals surface area contributed by atoms with Crippen LogP contribution < -0.4 is 4.74 Å². The number of nitrogens with zero attached hydrogens (tertiary/aromatic N) is 2. The molecule has 0 radical (unpaired) electrons. The van der Waals surface area contributed by atoms with Crippen molar-refractivity contribution in [2.45, 2.75) is 38.5 Å². The summed E-state index contributed by atoms with van der Waals surface area (Å²) in [5, 5.41) is 0. The number of piperidine rings is 1. The summed E-state index contributed by atoms with van der Waals surface area (Å²) in [7, 11) is -2.83. The van der Waals surface area contributed by atoms with E-state index in [9.17, 15) is 21.6 Å². The van der Waals surface area contributed by atoms with Crippen molar-refractivity contribution in [2.75, 3.05) is 31.1 Å². The van der Waals surface area contributed by atoms with Crippen molar-refractivity contribution < 1.29 is 26.3 Å². The minimum absolute atomic E-state index is 0.0440. The molecule has 146 valence electrons. The number of alkyl halides is 3. The van der Waals surface area contributed by atoms with E-state index < -0.39 is 27.3 Å². The van der Waals surface area contributed by atoms with E-state index in [0.717, 1.165) is 38.2 Å². The number of hydrogen-bond donors (Lipinski definition) is 0. The molecule has 0 N–H and O–H groups in total. The SMILES string of the molecule is CC(C)(CN1CCC2(CC1)CS(=O)(=O)C2)Oc1ccc(C(F)(F)F)nc1. The Morgan fingerprint density at radius 1 is 1.19 bits per heavy atom. The zero-order valence-corrected chi connectivity index (χ0v) is 15.7. The first-order chi connectivity index (χ1) is 11.9. The molecule has 0 amide bonds. The third-order valence-corrected chi connectivity index (χ3v) is 7.10. The van der Waals surface area contributed by atoms with Gasteiger partial charge in [-0.2, -0.15) is 13.2 Å². The van der Waals surface area contributed by atoms with Gasteiger partial charge in [0, 0.05) is 12.0 Å². The zero-order valence-electron chi connectivity index (χ0n) is 14.8. The van der Waals surface area contributed by atoms with Crippen LogP contribution in [0, 0.1) is 5.41 Å². The highest BCUT2D eigenvalue weighted by molar-refractivity contribution is 7.92. The fraction of sp³-hybridized carbons (Fsp3) is 0.706. The summed E-state index contributed by atoms with van der Waals surface area (Å²) < 4.78 is 66.4. The molecule has 2 saturated heterocycles. The first kappa shape index (κ1) is 19.4. The molecule has 26 heavy (non-hydrogen) atoms. The smallest absolute Gasteiger partial charge is 0.433 e. The van der Waals surface area contributed by atoms with E-state index in [-0.39, 0.29) is 5.41 Å². The van der Waals surface area contributed by atoms with Crippen LogP contribution in [-0.4, -0.2) is 55.0 Å². The van der Waals surface area contributed by atoms with E-state index in [1.54, 1.807) is 0 Å². The molecule has 2 aliphatic rings. The van der Waals surface area contributed by atoms with Crippen LogP contribution >= 0.6 is 0 Å². The Labute approximate surface area is 151 Å². The highest BCUT2D eigenvalue weighted by atomic mass is 32.2. The summed E-state index contributed by atoms with van der Waals surface area (Å²) in [4.78, 5) is 5.63. The standard InChI is InChI=1S/C17H23F3N2O3S/c1-15(2,25-13-3-4-14(21-9-13)17(18,19)20)10-22-7-5-16(6-8-22)11-26(23,24)12-16/h3-4,9H,5-8,10-12H2,1-2H3. The molecule has 2 fully saturated rings. The van der Waals surface area contributed by atoms with Gasteiger partial charge in [0.2, 0.25) is 0 Å². The van der Waals surface area contributed by atoms with Gasteiger partial charge in [-0.15, -0.1) is 0 Å². The minimum Gasteiger partial charge on any atom is -0.485 e.